The van der Waals surface area contributed by atoms with E-state index in [-0.39, 0.29) is 30.3 Å². The molecule has 2 rings (SSSR count). The zero-order valence-electron chi connectivity index (χ0n) is 10.1. The molecule has 100 valence electrons. The summed E-state index contributed by atoms with van der Waals surface area (Å²) < 4.78 is 27.8. The summed E-state index contributed by atoms with van der Waals surface area (Å²) in [7, 11) is 0. The number of carbonyl (C=O) groups is 1. The molecule has 1 aliphatic carbocycles. The molecule has 1 aromatic carbocycles. The Kier molecular flexibility index (Phi) is 3.65. The van der Waals surface area contributed by atoms with E-state index < -0.39 is 17.6 Å². The van der Waals surface area contributed by atoms with Gasteiger partial charge in [0, 0.05) is 12.6 Å². The lowest BCUT2D eigenvalue weighted by molar-refractivity contribution is -0.136. The standard InChI is InChI=1S/C13H12F2N2O2/c14-10-5-8(7-16)6-11(15)13(10)17(9-1-2-9)4-3-12(18)19/h5-6,9H,1-4H2,(H,18,19). The lowest BCUT2D eigenvalue weighted by atomic mass is 10.1. The highest BCUT2D eigenvalue weighted by atomic mass is 19.1. The number of halogens is 2. The molecule has 0 saturated heterocycles. The topological polar surface area (TPSA) is 64.3 Å². The van der Waals surface area contributed by atoms with Gasteiger partial charge in [-0.1, -0.05) is 0 Å². The molecule has 0 radical (unpaired) electrons. The Hall–Kier alpha value is -2.16. The van der Waals surface area contributed by atoms with Crippen LogP contribution in [-0.2, 0) is 4.79 Å². The summed E-state index contributed by atoms with van der Waals surface area (Å²) in [4.78, 5) is 12.0. The summed E-state index contributed by atoms with van der Waals surface area (Å²) in [5.74, 6) is -2.66. The number of hydrogen-bond donors (Lipinski definition) is 1. The van der Waals surface area contributed by atoms with Crippen LogP contribution in [0.3, 0.4) is 0 Å². The predicted molar refractivity (Wildman–Crippen MR) is 63.7 cm³/mol. The highest BCUT2D eigenvalue weighted by Gasteiger charge is 2.32. The molecule has 0 bridgehead atoms. The Morgan fingerprint density at radius 3 is 2.42 bits per heavy atom. The molecule has 1 N–H and O–H groups in total. The van der Waals surface area contributed by atoms with Crippen LogP contribution in [0.2, 0.25) is 0 Å². The predicted octanol–water partition coefficient (Wildman–Crippen LogP) is 2.28. The first-order chi connectivity index (χ1) is 9.02. The van der Waals surface area contributed by atoms with E-state index in [9.17, 15) is 13.6 Å². The zero-order chi connectivity index (χ0) is 14.0. The fourth-order valence-corrected chi connectivity index (χ4v) is 1.98. The van der Waals surface area contributed by atoms with Crippen LogP contribution in [0.1, 0.15) is 24.8 Å². The van der Waals surface area contributed by atoms with Crippen LogP contribution in [0.25, 0.3) is 0 Å². The van der Waals surface area contributed by atoms with Gasteiger partial charge in [-0.05, 0) is 25.0 Å². The monoisotopic (exact) mass is 266 g/mol. The largest absolute Gasteiger partial charge is 0.481 e. The number of nitriles is 1. The van der Waals surface area contributed by atoms with Crippen LogP contribution >= 0.6 is 0 Å². The summed E-state index contributed by atoms with van der Waals surface area (Å²) >= 11 is 0. The molecule has 0 spiro atoms. The Morgan fingerprint density at radius 2 is 2.00 bits per heavy atom. The Bertz CT molecular complexity index is 527. The molecule has 4 nitrogen and oxygen atoms in total. The smallest absolute Gasteiger partial charge is 0.305 e. The Balaban J connectivity index is 2.31. The van der Waals surface area contributed by atoms with Crippen molar-refractivity contribution in [3.63, 3.8) is 0 Å². The first kappa shape index (κ1) is 13.3. The molecule has 1 fully saturated rings. The molecule has 0 atom stereocenters. The van der Waals surface area contributed by atoms with Crippen LogP contribution < -0.4 is 4.90 Å². The number of hydrogen-bond acceptors (Lipinski definition) is 3. The van der Waals surface area contributed by atoms with E-state index in [1.807, 2.05) is 0 Å². The molecule has 1 saturated carbocycles. The molecular weight excluding hydrogens is 254 g/mol. The van der Waals surface area contributed by atoms with E-state index in [0.29, 0.717) is 0 Å². The van der Waals surface area contributed by atoms with Crippen molar-refractivity contribution in [3.05, 3.63) is 29.3 Å². The van der Waals surface area contributed by atoms with Crippen molar-refractivity contribution in [2.24, 2.45) is 0 Å². The van der Waals surface area contributed by atoms with Gasteiger partial charge in [-0.15, -0.1) is 0 Å². The van der Waals surface area contributed by atoms with Crippen molar-refractivity contribution in [2.45, 2.75) is 25.3 Å². The van der Waals surface area contributed by atoms with Gasteiger partial charge in [0.25, 0.3) is 0 Å². The molecule has 1 aliphatic rings. The van der Waals surface area contributed by atoms with E-state index in [1.165, 1.54) is 4.90 Å². The normalized spacial score (nSPS) is 13.9. The van der Waals surface area contributed by atoms with E-state index in [4.69, 9.17) is 10.4 Å². The van der Waals surface area contributed by atoms with Gasteiger partial charge in [-0.25, -0.2) is 8.78 Å². The highest BCUT2D eigenvalue weighted by molar-refractivity contribution is 5.68. The Labute approximate surface area is 108 Å². The molecule has 0 unspecified atom stereocenters. The molecule has 0 heterocycles. The molecule has 1 aromatic rings. The van der Waals surface area contributed by atoms with Crippen LogP contribution in [0.15, 0.2) is 12.1 Å². The van der Waals surface area contributed by atoms with Crippen molar-refractivity contribution < 1.29 is 18.7 Å². The van der Waals surface area contributed by atoms with Crippen molar-refractivity contribution in [1.29, 1.82) is 5.26 Å². The summed E-state index contributed by atoms with van der Waals surface area (Å²) in [6.45, 7) is 0.0553. The summed E-state index contributed by atoms with van der Waals surface area (Å²) in [6.07, 6.45) is 1.40. The number of carboxylic acid groups (broad SMARTS) is 1. The Morgan fingerprint density at radius 1 is 1.42 bits per heavy atom. The average molecular weight is 266 g/mol. The number of nitrogens with zero attached hydrogens (tertiary/aromatic N) is 2. The van der Waals surface area contributed by atoms with Gasteiger partial charge in [0.2, 0.25) is 0 Å². The first-order valence-electron chi connectivity index (χ1n) is 5.90. The quantitative estimate of drug-likeness (QED) is 0.888. The third-order valence-corrected chi connectivity index (χ3v) is 2.99. The minimum Gasteiger partial charge on any atom is -0.481 e. The van der Waals surface area contributed by atoms with Crippen molar-refractivity contribution in [3.8, 4) is 6.07 Å². The number of benzene rings is 1. The maximum Gasteiger partial charge on any atom is 0.305 e. The second-order valence-corrected chi connectivity index (χ2v) is 4.47. The van der Waals surface area contributed by atoms with Gasteiger partial charge in [-0.3, -0.25) is 4.79 Å². The van der Waals surface area contributed by atoms with Gasteiger partial charge in [0.1, 0.15) is 5.69 Å². The van der Waals surface area contributed by atoms with Crippen LogP contribution in [0.5, 0.6) is 0 Å². The minimum absolute atomic E-state index is 0.0173. The van der Waals surface area contributed by atoms with E-state index in [2.05, 4.69) is 0 Å². The van der Waals surface area contributed by atoms with Crippen molar-refractivity contribution in [2.75, 3.05) is 11.4 Å². The highest BCUT2D eigenvalue weighted by Crippen LogP contribution is 2.35. The van der Waals surface area contributed by atoms with Gasteiger partial charge in [0.15, 0.2) is 11.6 Å². The number of anilines is 1. The molecule has 19 heavy (non-hydrogen) atoms. The average Bonchev–Trinajstić information content (AvgIpc) is 3.15. The van der Waals surface area contributed by atoms with E-state index >= 15 is 0 Å². The maximum absolute atomic E-state index is 13.9. The number of rotatable bonds is 5. The maximum atomic E-state index is 13.9. The number of aliphatic carboxylic acids is 1. The van der Waals surface area contributed by atoms with Gasteiger partial charge >= 0.3 is 5.97 Å². The lowest BCUT2D eigenvalue weighted by Gasteiger charge is -2.25. The summed E-state index contributed by atoms with van der Waals surface area (Å²) in [6, 6.07) is 3.59. The summed E-state index contributed by atoms with van der Waals surface area (Å²) in [5.41, 5.74) is -0.324. The summed E-state index contributed by atoms with van der Waals surface area (Å²) in [5, 5.41) is 17.3. The van der Waals surface area contributed by atoms with E-state index in [0.717, 1.165) is 25.0 Å². The molecular formula is C13H12F2N2O2. The SMILES string of the molecule is N#Cc1cc(F)c(N(CCC(=O)O)C2CC2)c(F)c1. The third kappa shape index (κ3) is 2.99. The third-order valence-electron chi connectivity index (χ3n) is 2.99. The lowest BCUT2D eigenvalue weighted by Crippen LogP contribution is -2.30. The fraction of sp³-hybridized carbons (Fsp3) is 0.385. The second-order valence-electron chi connectivity index (χ2n) is 4.47. The van der Waals surface area contributed by atoms with Crippen LogP contribution in [-0.4, -0.2) is 23.7 Å². The van der Waals surface area contributed by atoms with E-state index in [1.54, 1.807) is 6.07 Å². The van der Waals surface area contributed by atoms with Crippen molar-refractivity contribution in [1.82, 2.24) is 0 Å². The fourth-order valence-electron chi connectivity index (χ4n) is 1.98. The van der Waals surface area contributed by atoms with Gasteiger partial charge < -0.3 is 10.0 Å². The molecule has 6 heteroatoms. The molecule has 0 aliphatic heterocycles. The minimum atomic E-state index is -1.01. The molecule has 0 aromatic heterocycles. The number of carboxylic acids is 1. The zero-order valence-corrected chi connectivity index (χ0v) is 10.1. The van der Waals surface area contributed by atoms with Crippen molar-refractivity contribution >= 4 is 11.7 Å². The van der Waals surface area contributed by atoms with Crippen LogP contribution in [0.4, 0.5) is 14.5 Å². The van der Waals surface area contributed by atoms with Crippen LogP contribution in [0, 0.1) is 23.0 Å². The first-order valence-corrected chi connectivity index (χ1v) is 5.90. The van der Waals surface area contributed by atoms with Gasteiger partial charge in [0.05, 0.1) is 18.1 Å². The second kappa shape index (κ2) is 5.22. The molecule has 0 amide bonds. The van der Waals surface area contributed by atoms with Gasteiger partial charge in [-0.2, -0.15) is 5.26 Å².